The molecule has 2 heterocycles. The number of para-hydroxylation sites is 1. The molecule has 1 aliphatic heterocycles. The highest BCUT2D eigenvalue weighted by molar-refractivity contribution is 6.07. The Kier molecular flexibility index (Phi) is 4.63. The van der Waals surface area contributed by atoms with E-state index in [9.17, 15) is 9.59 Å². The Morgan fingerprint density at radius 2 is 1.71 bits per heavy atom. The van der Waals surface area contributed by atoms with Crippen LogP contribution in [0.4, 0.5) is 16.2 Å². The predicted molar refractivity (Wildman–Crippen MR) is 121 cm³/mol. The molecule has 0 spiro atoms. The molecule has 1 aliphatic rings. The van der Waals surface area contributed by atoms with Crippen LogP contribution in [0.15, 0.2) is 66.7 Å². The van der Waals surface area contributed by atoms with Crippen molar-refractivity contribution in [2.75, 3.05) is 10.6 Å². The summed E-state index contributed by atoms with van der Waals surface area (Å²) < 4.78 is 0. The normalized spacial score (nSPS) is 12.6. The van der Waals surface area contributed by atoms with Gasteiger partial charge in [-0.1, -0.05) is 48.5 Å². The average Bonchev–Trinajstić information content (AvgIpc) is 3.36. The molecule has 3 amide bonds. The molecule has 3 aromatic carbocycles. The van der Waals surface area contributed by atoms with Crippen LogP contribution in [0.25, 0.3) is 22.0 Å². The zero-order valence-corrected chi connectivity index (χ0v) is 17.0. The van der Waals surface area contributed by atoms with Crippen molar-refractivity contribution >= 4 is 34.1 Å². The zero-order valence-electron chi connectivity index (χ0n) is 17.0. The minimum Gasteiger partial charge on any atom is -0.325 e. The monoisotopic (exact) mass is 411 g/mol. The lowest BCUT2D eigenvalue weighted by molar-refractivity contribution is -0.114. The highest BCUT2D eigenvalue weighted by Gasteiger charge is 2.29. The number of carbonyl (C=O) groups is 2. The molecule has 7 nitrogen and oxygen atoms in total. The third kappa shape index (κ3) is 3.50. The quantitative estimate of drug-likeness (QED) is 0.455. The molecule has 0 atom stereocenters. The summed E-state index contributed by atoms with van der Waals surface area (Å²) in [6.07, 6.45) is 0. The van der Waals surface area contributed by atoms with Gasteiger partial charge in [0.1, 0.15) is 0 Å². The van der Waals surface area contributed by atoms with Crippen LogP contribution in [0.2, 0.25) is 0 Å². The number of benzene rings is 3. The second-order valence-corrected chi connectivity index (χ2v) is 7.57. The summed E-state index contributed by atoms with van der Waals surface area (Å²) in [6, 6.07) is 21.1. The first-order valence-electron chi connectivity index (χ1n) is 10.1. The minimum atomic E-state index is -0.164. The number of nitrogens with zero attached hydrogens (tertiary/aromatic N) is 2. The van der Waals surface area contributed by atoms with Gasteiger partial charge in [-0.3, -0.25) is 9.89 Å². The Morgan fingerprint density at radius 3 is 2.52 bits per heavy atom. The van der Waals surface area contributed by atoms with Crippen LogP contribution in [-0.2, 0) is 17.9 Å². The van der Waals surface area contributed by atoms with E-state index in [-0.39, 0.29) is 11.9 Å². The van der Waals surface area contributed by atoms with Gasteiger partial charge in [0, 0.05) is 29.1 Å². The van der Waals surface area contributed by atoms with Gasteiger partial charge in [-0.2, -0.15) is 5.10 Å². The number of amides is 3. The second kappa shape index (κ2) is 7.60. The lowest BCUT2D eigenvalue weighted by Gasteiger charge is -2.17. The fraction of sp³-hybridized carbons (Fsp3) is 0.125. The van der Waals surface area contributed by atoms with Gasteiger partial charge in [0.25, 0.3) is 0 Å². The molecule has 7 heteroatoms. The molecule has 1 aromatic heterocycles. The number of rotatable bonds is 3. The standard InChI is InChI=1S/C24H21N5O2/c1-15(30)25-22-18-10-6-5-7-16(18)11-12-19(22)23-20-13-29(14-21(20)27-28-23)24(31)26-17-8-3-2-4-9-17/h2-12H,13-14H2,1H3,(H,25,30)(H,26,31)(H,27,28). The van der Waals surface area contributed by atoms with E-state index >= 15 is 0 Å². The lowest BCUT2D eigenvalue weighted by atomic mass is 9.99. The fourth-order valence-electron chi connectivity index (χ4n) is 4.01. The number of hydrogen-bond acceptors (Lipinski definition) is 3. The van der Waals surface area contributed by atoms with Crippen molar-refractivity contribution in [3.8, 4) is 11.3 Å². The van der Waals surface area contributed by atoms with Crippen LogP contribution in [0.3, 0.4) is 0 Å². The maximum absolute atomic E-state index is 12.7. The van der Waals surface area contributed by atoms with Crippen LogP contribution >= 0.6 is 0 Å². The van der Waals surface area contributed by atoms with Crippen molar-refractivity contribution in [1.82, 2.24) is 15.1 Å². The Hall–Kier alpha value is -4.13. The van der Waals surface area contributed by atoms with E-state index in [0.717, 1.165) is 44.7 Å². The number of H-pyrrole nitrogens is 1. The molecule has 0 fully saturated rings. The molecule has 4 aromatic rings. The number of fused-ring (bicyclic) bond motifs is 2. The summed E-state index contributed by atoms with van der Waals surface area (Å²) >= 11 is 0. The van der Waals surface area contributed by atoms with E-state index in [2.05, 4.69) is 20.8 Å². The summed E-state index contributed by atoms with van der Waals surface area (Å²) in [4.78, 5) is 26.4. The van der Waals surface area contributed by atoms with Crippen LogP contribution < -0.4 is 10.6 Å². The van der Waals surface area contributed by atoms with E-state index in [0.29, 0.717) is 13.1 Å². The minimum absolute atomic E-state index is 0.145. The van der Waals surface area contributed by atoms with E-state index in [1.807, 2.05) is 66.7 Å². The number of anilines is 2. The summed E-state index contributed by atoms with van der Waals surface area (Å²) in [5.41, 5.74) is 4.93. The number of carbonyl (C=O) groups excluding carboxylic acids is 2. The van der Waals surface area contributed by atoms with E-state index in [4.69, 9.17) is 0 Å². The molecule has 0 unspecified atom stereocenters. The maximum atomic E-state index is 12.7. The SMILES string of the molecule is CC(=O)Nc1c(-c2n[nH]c3c2CN(C(=O)Nc2ccccc2)C3)ccc2ccccc12. The van der Waals surface area contributed by atoms with Crippen molar-refractivity contribution in [2.45, 2.75) is 20.0 Å². The molecule has 0 saturated heterocycles. The van der Waals surface area contributed by atoms with Gasteiger partial charge in [-0.25, -0.2) is 4.79 Å². The summed E-state index contributed by atoms with van der Waals surface area (Å²) in [7, 11) is 0. The fourth-order valence-corrected chi connectivity index (χ4v) is 4.01. The van der Waals surface area contributed by atoms with Gasteiger partial charge in [-0.15, -0.1) is 0 Å². The topological polar surface area (TPSA) is 90.1 Å². The molecule has 0 aliphatic carbocycles. The number of urea groups is 1. The molecule has 5 rings (SSSR count). The van der Waals surface area contributed by atoms with E-state index < -0.39 is 0 Å². The Labute approximate surface area is 179 Å². The van der Waals surface area contributed by atoms with Crippen molar-refractivity contribution in [3.05, 3.63) is 78.0 Å². The largest absolute Gasteiger partial charge is 0.325 e. The number of hydrogen-bond donors (Lipinski definition) is 3. The van der Waals surface area contributed by atoms with Gasteiger partial charge in [0.2, 0.25) is 5.91 Å². The van der Waals surface area contributed by atoms with Crippen LogP contribution in [-0.4, -0.2) is 27.0 Å². The lowest BCUT2D eigenvalue weighted by Crippen LogP contribution is -2.30. The van der Waals surface area contributed by atoms with Gasteiger partial charge in [0.05, 0.1) is 30.2 Å². The number of aromatic amines is 1. The number of nitrogens with one attached hydrogen (secondary N) is 3. The Bertz CT molecular complexity index is 1300. The van der Waals surface area contributed by atoms with Crippen molar-refractivity contribution in [3.63, 3.8) is 0 Å². The summed E-state index contributed by atoms with van der Waals surface area (Å²) in [5, 5.41) is 15.5. The van der Waals surface area contributed by atoms with E-state index in [1.54, 1.807) is 4.90 Å². The van der Waals surface area contributed by atoms with Gasteiger partial charge in [0.15, 0.2) is 0 Å². The van der Waals surface area contributed by atoms with Gasteiger partial charge < -0.3 is 15.5 Å². The Balaban J connectivity index is 1.48. The van der Waals surface area contributed by atoms with Gasteiger partial charge >= 0.3 is 6.03 Å². The Morgan fingerprint density at radius 1 is 0.935 bits per heavy atom. The average molecular weight is 411 g/mol. The highest BCUT2D eigenvalue weighted by atomic mass is 16.2. The van der Waals surface area contributed by atoms with Crippen LogP contribution in [0.5, 0.6) is 0 Å². The molecule has 0 radical (unpaired) electrons. The molecule has 31 heavy (non-hydrogen) atoms. The van der Waals surface area contributed by atoms with Crippen molar-refractivity contribution in [1.29, 1.82) is 0 Å². The highest BCUT2D eigenvalue weighted by Crippen LogP contribution is 2.38. The van der Waals surface area contributed by atoms with E-state index in [1.165, 1.54) is 6.92 Å². The van der Waals surface area contributed by atoms with Gasteiger partial charge in [-0.05, 0) is 23.6 Å². The first-order chi connectivity index (χ1) is 15.1. The third-order valence-electron chi connectivity index (χ3n) is 5.45. The molecule has 3 N–H and O–H groups in total. The zero-order chi connectivity index (χ0) is 21.4. The number of aromatic nitrogens is 2. The molecule has 0 saturated carbocycles. The predicted octanol–water partition coefficient (Wildman–Crippen LogP) is 4.74. The smallest absolute Gasteiger partial charge is 0.322 e. The molecular weight excluding hydrogens is 390 g/mol. The molecular formula is C24H21N5O2. The van der Waals surface area contributed by atoms with Crippen LogP contribution in [0, 0.1) is 0 Å². The van der Waals surface area contributed by atoms with Crippen molar-refractivity contribution < 1.29 is 9.59 Å². The van der Waals surface area contributed by atoms with Crippen molar-refractivity contribution in [2.24, 2.45) is 0 Å². The third-order valence-corrected chi connectivity index (χ3v) is 5.45. The second-order valence-electron chi connectivity index (χ2n) is 7.57. The summed E-state index contributed by atoms with van der Waals surface area (Å²) in [6.45, 7) is 2.38. The van der Waals surface area contributed by atoms with Crippen LogP contribution in [0.1, 0.15) is 18.2 Å². The maximum Gasteiger partial charge on any atom is 0.322 e. The first-order valence-corrected chi connectivity index (χ1v) is 10.1. The molecule has 0 bridgehead atoms. The summed E-state index contributed by atoms with van der Waals surface area (Å²) in [5.74, 6) is -0.145. The molecule has 154 valence electrons. The first kappa shape index (κ1) is 18.9.